The van der Waals surface area contributed by atoms with Crippen LogP contribution in [0.15, 0.2) is 77.2 Å². The maximum Gasteiger partial charge on any atom is 0.279 e. The third kappa shape index (κ3) is 5.65. The highest BCUT2D eigenvalue weighted by Crippen LogP contribution is 2.41. The van der Waals surface area contributed by atoms with Crippen LogP contribution in [-0.4, -0.2) is 49.6 Å². The molecule has 3 heterocycles. The standard InChI is InChI=1S/C33H28F2N4O6S/c1-4-46(42,43)38-26-16-28-24(29(32(40)36-3)31(45-28)20-7-11-22(35)12-8-20)15-23(26)25-13-14-27-30(37-25)33(41)39(17-44-27)18(2)19-5-9-21(34)10-6-19/h5-16,18,38H,4,17H2,1-3H3,(H,36,40)/t18-/m1/s1. The van der Waals surface area contributed by atoms with Crippen molar-refractivity contribution in [3.8, 4) is 28.3 Å². The van der Waals surface area contributed by atoms with Crippen LogP contribution >= 0.6 is 0 Å². The van der Waals surface area contributed by atoms with Crippen LogP contribution in [0.25, 0.3) is 33.6 Å². The van der Waals surface area contributed by atoms with Crippen molar-refractivity contribution < 1.29 is 35.9 Å². The Kier molecular flexibility index (Phi) is 7.94. The molecule has 0 spiro atoms. The number of hydrogen-bond acceptors (Lipinski definition) is 7. The number of hydrogen-bond donors (Lipinski definition) is 2. The summed E-state index contributed by atoms with van der Waals surface area (Å²) in [6, 6.07) is 16.9. The summed E-state index contributed by atoms with van der Waals surface area (Å²) in [4.78, 5) is 33.0. The third-order valence-electron chi connectivity index (χ3n) is 7.81. The first kappa shape index (κ1) is 30.7. The van der Waals surface area contributed by atoms with E-state index in [4.69, 9.17) is 9.15 Å². The normalized spacial score (nSPS) is 13.7. The predicted octanol–water partition coefficient (Wildman–Crippen LogP) is 6.11. The van der Waals surface area contributed by atoms with Gasteiger partial charge in [-0.15, -0.1) is 0 Å². The molecule has 0 saturated heterocycles. The fraction of sp³-hybridized carbons (Fsp3) is 0.182. The SMILES string of the molecule is CCS(=O)(=O)Nc1cc2oc(-c3ccc(F)cc3)c(C(=O)NC)c2cc1-c1ccc2c(n1)C(=O)N([C@H](C)c1ccc(F)cc1)CO2. The van der Waals surface area contributed by atoms with Crippen molar-refractivity contribution in [3.63, 3.8) is 0 Å². The number of sulfonamides is 1. The molecule has 2 amide bonds. The molecule has 0 radical (unpaired) electrons. The smallest absolute Gasteiger partial charge is 0.279 e. The van der Waals surface area contributed by atoms with E-state index < -0.39 is 39.5 Å². The molecule has 2 N–H and O–H groups in total. The van der Waals surface area contributed by atoms with E-state index in [2.05, 4.69) is 15.0 Å². The van der Waals surface area contributed by atoms with Gasteiger partial charge in [-0.1, -0.05) is 12.1 Å². The molecule has 0 saturated carbocycles. The summed E-state index contributed by atoms with van der Waals surface area (Å²) in [5, 5.41) is 2.93. The van der Waals surface area contributed by atoms with Gasteiger partial charge in [-0.05, 0) is 74.0 Å². The summed E-state index contributed by atoms with van der Waals surface area (Å²) in [5.41, 5.74) is 2.03. The van der Waals surface area contributed by atoms with Gasteiger partial charge in [-0.2, -0.15) is 0 Å². The number of nitrogens with zero attached hydrogens (tertiary/aromatic N) is 2. The van der Waals surface area contributed by atoms with E-state index in [-0.39, 0.29) is 57.8 Å². The Morgan fingerprint density at radius 2 is 1.70 bits per heavy atom. The molecule has 5 aromatic rings. The van der Waals surface area contributed by atoms with Crippen LogP contribution in [-0.2, 0) is 10.0 Å². The minimum absolute atomic E-state index is 0.00664. The number of carbonyl (C=O) groups excluding carboxylic acids is 2. The molecule has 1 aliphatic rings. The Hall–Kier alpha value is -5.30. The zero-order valence-corrected chi connectivity index (χ0v) is 25.7. The van der Waals surface area contributed by atoms with Crippen molar-refractivity contribution in [2.45, 2.75) is 19.9 Å². The van der Waals surface area contributed by atoms with Gasteiger partial charge in [0.25, 0.3) is 11.8 Å². The molecule has 1 aliphatic heterocycles. The van der Waals surface area contributed by atoms with E-state index >= 15 is 0 Å². The van der Waals surface area contributed by atoms with Crippen molar-refractivity contribution >= 4 is 38.5 Å². The van der Waals surface area contributed by atoms with Gasteiger partial charge in [0, 0.05) is 29.6 Å². The van der Waals surface area contributed by atoms with Gasteiger partial charge in [-0.3, -0.25) is 19.2 Å². The molecule has 0 bridgehead atoms. The number of rotatable bonds is 8. The molecular formula is C33H28F2N4O6S. The summed E-state index contributed by atoms with van der Waals surface area (Å²) in [5.74, 6) is -1.63. The molecule has 0 aliphatic carbocycles. The molecule has 13 heteroatoms. The lowest BCUT2D eigenvalue weighted by atomic mass is 10.0. The number of anilines is 1. The predicted molar refractivity (Wildman–Crippen MR) is 168 cm³/mol. The number of furan rings is 1. The second-order valence-electron chi connectivity index (χ2n) is 10.6. The highest BCUT2D eigenvalue weighted by Gasteiger charge is 2.32. The van der Waals surface area contributed by atoms with Crippen LogP contribution in [0.3, 0.4) is 0 Å². The summed E-state index contributed by atoms with van der Waals surface area (Å²) in [7, 11) is -2.35. The maximum atomic E-state index is 13.7. The van der Waals surface area contributed by atoms with Crippen molar-refractivity contribution in [3.05, 3.63) is 101 Å². The van der Waals surface area contributed by atoms with Crippen LogP contribution < -0.4 is 14.8 Å². The van der Waals surface area contributed by atoms with Crippen LogP contribution in [0, 0.1) is 11.6 Å². The lowest BCUT2D eigenvalue weighted by Gasteiger charge is -2.33. The largest absolute Gasteiger partial charge is 0.471 e. The number of ether oxygens (including phenoxy) is 1. The van der Waals surface area contributed by atoms with Crippen molar-refractivity contribution in [1.82, 2.24) is 15.2 Å². The highest BCUT2D eigenvalue weighted by molar-refractivity contribution is 7.92. The summed E-state index contributed by atoms with van der Waals surface area (Å²) >= 11 is 0. The first-order chi connectivity index (χ1) is 22.0. The Morgan fingerprint density at radius 1 is 1.02 bits per heavy atom. The van der Waals surface area contributed by atoms with E-state index in [9.17, 15) is 26.8 Å². The van der Waals surface area contributed by atoms with Crippen molar-refractivity contribution in [1.29, 1.82) is 0 Å². The molecule has 0 fully saturated rings. The van der Waals surface area contributed by atoms with Crippen LogP contribution in [0.1, 0.15) is 46.3 Å². The van der Waals surface area contributed by atoms with Gasteiger partial charge in [-0.25, -0.2) is 22.2 Å². The number of pyridine rings is 1. The molecule has 10 nitrogen and oxygen atoms in total. The summed E-state index contributed by atoms with van der Waals surface area (Å²) < 4.78 is 67.2. The first-order valence-electron chi connectivity index (χ1n) is 14.3. The zero-order chi connectivity index (χ0) is 32.7. The van der Waals surface area contributed by atoms with E-state index in [0.29, 0.717) is 16.5 Å². The first-order valence-corrected chi connectivity index (χ1v) is 15.9. The average molecular weight is 647 g/mol. The number of halogens is 2. The number of amides is 2. The minimum Gasteiger partial charge on any atom is -0.471 e. The van der Waals surface area contributed by atoms with Gasteiger partial charge in [0.15, 0.2) is 18.2 Å². The molecule has 6 rings (SSSR count). The second kappa shape index (κ2) is 11.9. The Morgan fingerprint density at radius 3 is 2.35 bits per heavy atom. The molecule has 236 valence electrons. The van der Waals surface area contributed by atoms with Crippen molar-refractivity contribution in [2.75, 3.05) is 24.3 Å². The van der Waals surface area contributed by atoms with Gasteiger partial charge in [0.1, 0.15) is 23.0 Å². The number of fused-ring (bicyclic) bond motifs is 2. The van der Waals surface area contributed by atoms with Gasteiger partial charge in [0.05, 0.1) is 28.7 Å². The number of carbonyl (C=O) groups is 2. The fourth-order valence-corrected chi connectivity index (χ4v) is 5.89. The maximum absolute atomic E-state index is 13.7. The third-order valence-corrected chi connectivity index (χ3v) is 9.10. The molecule has 2 aromatic heterocycles. The van der Waals surface area contributed by atoms with Gasteiger partial charge >= 0.3 is 0 Å². The van der Waals surface area contributed by atoms with Gasteiger partial charge in [0.2, 0.25) is 10.0 Å². The lowest BCUT2D eigenvalue weighted by Crippen LogP contribution is -2.41. The second-order valence-corrected chi connectivity index (χ2v) is 12.6. The van der Waals surface area contributed by atoms with Crippen LogP contribution in [0.5, 0.6) is 5.75 Å². The molecule has 3 aromatic carbocycles. The quantitative estimate of drug-likeness (QED) is 0.208. The van der Waals surface area contributed by atoms with Gasteiger partial charge < -0.3 is 14.5 Å². The van der Waals surface area contributed by atoms with E-state index in [0.717, 1.165) is 0 Å². The monoisotopic (exact) mass is 646 g/mol. The zero-order valence-electron chi connectivity index (χ0n) is 24.9. The summed E-state index contributed by atoms with van der Waals surface area (Å²) in [6.45, 7) is 3.20. The lowest BCUT2D eigenvalue weighted by molar-refractivity contribution is 0.0394. The molecule has 0 unspecified atom stereocenters. The fourth-order valence-electron chi connectivity index (χ4n) is 5.24. The minimum atomic E-state index is -3.80. The Labute approximate surface area is 263 Å². The van der Waals surface area contributed by atoms with Crippen LogP contribution in [0.2, 0.25) is 0 Å². The molecule has 46 heavy (non-hydrogen) atoms. The number of aromatic nitrogens is 1. The van der Waals surface area contributed by atoms with E-state index in [1.165, 1.54) is 61.3 Å². The highest BCUT2D eigenvalue weighted by atomic mass is 32.2. The van der Waals surface area contributed by atoms with E-state index in [1.807, 2.05) is 0 Å². The van der Waals surface area contributed by atoms with Crippen molar-refractivity contribution in [2.24, 2.45) is 0 Å². The number of benzene rings is 3. The topological polar surface area (TPSA) is 131 Å². The molecular weight excluding hydrogens is 618 g/mol. The Bertz CT molecular complexity index is 2100. The van der Waals surface area contributed by atoms with E-state index in [1.54, 1.807) is 37.3 Å². The van der Waals surface area contributed by atoms with Crippen LogP contribution in [0.4, 0.5) is 14.5 Å². The number of nitrogens with one attached hydrogen (secondary N) is 2. The average Bonchev–Trinajstić information content (AvgIpc) is 3.42. The molecule has 1 atom stereocenters. The summed E-state index contributed by atoms with van der Waals surface area (Å²) in [6.07, 6.45) is 0. The Balaban J connectivity index is 1.50.